The average Bonchev–Trinajstić information content (AvgIpc) is 3.15. The Morgan fingerprint density at radius 3 is 1.37 bits per heavy atom. The van der Waals surface area contributed by atoms with Gasteiger partial charge >= 0.3 is 0 Å². The number of rotatable bonds is 18. The Labute approximate surface area is 191 Å². The van der Waals surface area contributed by atoms with Crippen LogP contribution in [0.25, 0.3) is 0 Å². The molecule has 2 nitrogen and oxygen atoms in total. The smallest absolute Gasteiger partial charge is 0.171 e. The first kappa shape index (κ1) is 25.6. The van der Waals surface area contributed by atoms with E-state index in [1.807, 2.05) is 0 Å². The van der Waals surface area contributed by atoms with Crippen LogP contribution in [-0.4, -0.2) is 13.2 Å². The summed E-state index contributed by atoms with van der Waals surface area (Å²) in [4.78, 5) is 0. The second kappa shape index (κ2) is 16.0. The zero-order chi connectivity index (χ0) is 21.3. The van der Waals surface area contributed by atoms with Crippen LogP contribution in [0.3, 0.4) is 0 Å². The fourth-order valence-electron chi connectivity index (χ4n) is 4.67. The molecule has 0 atom stereocenters. The lowest BCUT2D eigenvalue weighted by Gasteiger charge is -2.31. The van der Waals surface area contributed by atoms with E-state index in [0.29, 0.717) is 0 Å². The second-order valence-electron chi connectivity index (χ2n) is 9.63. The van der Waals surface area contributed by atoms with Gasteiger partial charge in [-0.15, -0.1) is 11.3 Å². The van der Waals surface area contributed by atoms with Gasteiger partial charge in [0.25, 0.3) is 0 Å². The van der Waals surface area contributed by atoms with Crippen LogP contribution < -0.4 is 9.47 Å². The van der Waals surface area contributed by atoms with Crippen molar-refractivity contribution in [3.05, 3.63) is 10.8 Å². The van der Waals surface area contributed by atoms with E-state index in [2.05, 4.69) is 24.6 Å². The zero-order valence-corrected chi connectivity index (χ0v) is 20.8. The van der Waals surface area contributed by atoms with Gasteiger partial charge in [-0.25, -0.2) is 0 Å². The summed E-state index contributed by atoms with van der Waals surface area (Å²) in [6.45, 7) is 6.26. The third-order valence-corrected chi connectivity index (χ3v) is 7.48. The molecular formula is C27H48O2S. The minimum absolute atomic E-state index is 0.209. The van der Waals surface area contributed by atoms with Gasteiger partial charge in [-0.2, -0.15) is 0 Å². The molecule has 0 saturated heterocycles. The normalized spacial score (nSPS) is 15.3. The first-order valence-corrected chi connectivity index (χ1v) is 14.1. The molecule has 0 aliphatic carbocycles. The lowest BCUT2D eigenvalue weighted by atomic mass is 9.79. The van der Waals surface area contributed by atoms with Gasteiger partial charge in [0, 0.05) is 16.2 Å². The van der Waals surface area contributed by atoms with E-state index in [0.717, 1.165) is 24.7 Å². The Bertz CT molecular complexity index is 480. The number of hydrogen-bond acceptors (Lipinski definition) is 3. The molecule has 0 aromatic carbocycles. The summed E-state index contributed by atoms with van der Waals surface area (Å²) in [5.74, 6) is 1.93. The fourth-order valence-corrected chi connectivity index (χ4v) is 5.35. The van der Waals surface area contributed by atoms with E-state index in [4.69, 9.17) is 9.47 Å². The van der Waals surface area contributed by atoms with Crippen molar-refractivity contribution in [2.24, 2.45) is 5.41 Å². The molecule has 2 rings (SSSR count). The Morgan fingerprint density at radius 2 is 0.967 bits per heavy atom. The quantitative estimate of drug-likeness (QED) is 0.213. The van der Waals surface area contributed by atoms with Gasteiger partial charge in [0.1, 0.15) is 0 Å². The van der Waals surface area contributed by atoms with Gasteiger partial charge in [-0.1, -0.05) is 117 Å². The molecular weight excluding hydrogens is 388 g/mol. The number of thiophene rings is 1. The highest BCUT2D eigenvalue weighted by atomic mass is 32.1. The third-order valence-electron chi connectivity index (χ3n) is 6.78. The molecule has 0 bridgehead atoms. The minimum atomic E-state index is 0.209. The molecule has 3 heteroatoms. The molecule has 0 saturated carbocycles. The summed E-state index contributed by atoms with van der Waals surface area (Å²) < 4.78 is 12.5. The van der Waals surface area contributed by atoms with E-state index in [-0.39, 0.29) is 5.41 Å². The second-order valence-corrected chi connectivity index (χ2v) is 10.4. The first-order valence-electron chi connectivity index (χ1n) is 13.1. The van der Waals surface area contributed by atoms with Crippen molar-refractivity contribution in [3.8, 4) is 11.5 Å². The molecule has 0 spiro atoms. The van der Waals surface area contributed by atoms with Gasteiger partial charge in [0.15, 0.2) is 11.5 Å². The number of unbranched alkanes of at least 4 members (excludes halogenated alkanes) is 14. The van der Waals surface area contributed by atoms with Gasteiger partial charge in [-0.3, -0.25) is 0 Å². The third kappa shape index (κ3) is 10.1. The van der Waals surface area contributed by atoms with Crippen LogP contribution in [0.5, 0.6) is 11.5 Å². The zero-order valence-electron chi connectivity index (χ0n) is 20.0. The highest BCUT2D eigenvalue weighted by Gasteiger charge is 2.34. The molecule has 1 aliphatic heterocycles. The highest BCUT2D eigenvalue weighted by Crippen LogP contribution is 2.41. The van der Waals surface area contributed by atoms with Crippen LogP contribution >= 0.6 is 11.3 Å². The maximum atomic E-state index is 6.23. The minimum Gasteiger partial charge on any atom is -0.488 e. The number of hydrogen-bond donors (Lipinski definition) is 0. The summed E-state index contributed by atoms with van der Waals surface area (Å²) in [5, 5.41) is 4.19. The molecule has 0 radical (unpaired) electrons. The molecule has 1 aromatic heterocycles. The topological polar surface area (TPSA) is 18.5 Å². The lowest BCUT2D eigenvalue weighted by Crippen LogP contribution is -2.33. The van der Waals surface area contributed by atoms with Crippen molar-refractivity contribution >= 4 is 11.3 Å². The summed E-state index contributed by atoms with van der Waals surface area (Å²) in [6.07, 6.45) is 24.7. The van der Waals surface area contributed by atoms with E-state index in [9.17, 15) is 0 Å². The molecule has 0 amide bonds. The molecule has 174 valence electrons. The number of fused-ring (bicyclic) bond motifs is 1. The van der Waals surface area contributed by atoms with E-state index >= 15 is 0 Å². The van der Waals surface area contributed by atoms with Crippen LogP contribution in [0.15, 0.2) is 10.8 Å². The first-order chi connectivity index (χ1) is 14.8. The van der Waals surface area contributed by atoms with Crippen molar-refractivity contribution in [3.63, 3.8) is 0 Å². The molecule has 0 unspecified atom stereocenters. The molecule has 2 heterocycles. The van der Waals surface area contributed by atoms with Crippen LogP contribution in [0.1, 0.15) is 129 Å². The largest absolute Gasteiger partial charge is 0.488 e. The van der Waals surface area contributed by atoms with Gasteiger partial charge < -0.3 is 9.47 Å². The average molecular weight is 437 g/mol. The molecule has 0 fully saturated rings. The maximum Gasteiger partial charge on any atom is 0.171 e. The summed E-state index contributed by atoms with van der Waals surface area (Å²) in [5.41, 5.74) is 0.209. The molecule has 1 aliphatic rings. The Hall–Kier alpha value is -0.700. The van der Waals surface area contributed by atoms with Crippen LogP contribution in [0.4, 0.5) is 0 Å². The van der Waals surface area contributed by atoms with Crippen LogP contribution in [0, 0.1) is 5.41 Å². The van der Waals surface area contributed by atoms with Crippen molar-refractivity contribution in [1.82, 2.24) is 0 Å². The highest BCUT2D eigenvalue weighted by molar-refractivity contribution is 7.08. The van der Waals surface area contributed by atoms with E-state index < -0.39 is 0 Å². The standard InChI is InChI=1S/C27H48O2S/c1-3-5-7-9-11-13-15-17-19-27(20-18-16-14-12-10-8-6-4-2)23-28-25-21-30-22-26(25)29-24-27/h21-22H,3-20,23-24H2,1-2H3. The van der Waals surface area contributed by atoms with Gasteiger partial charge in [0.05, 0.1) is 13.2 Å². The lowest BCUT2D eigenvalue weighted by molar-refractivity contribution is 0.0782. The van der Waals surface area contributed by atoms with Gasteiger partial charge in [0.2, 0.25) is 0 Å². The molecule has 1 aromatic rings. The van der Waals surface area contributed by atoms with Crippen molar-refractivity contribution in [2.75, 3.05) is 13.2 Å². The molecule has 0 N–H and O–H groups in total. The summed E-state index contributed by atoms with van der Waals surface area (Å²) in [6, 6.07) is 0. The van der Waals surface area contributed by atoms with Crippen molar-refractivity contribution in [1.29, 1.82) is 0 Å². The van der Waals surface area contributed by atoms with E-state index in [1.54, 1.807) is 11.3 Å². The van der Waals surface area contributed by atoms with Crippen LogP contribution in [-0.2, 0) is 0 Å². The predicted molar refractivity (Wildman–Crippen MR) is 132 cm³/mol. The van der Waals surface area contributed by atoms with Crippen LogP contribution in [0.2, 0.25) is 0 Å². The number of ether oxygens (including phenoxy) is 2. The fraction of sp³-hybridized carbons (Fsp3) is 0.852. The monoisotopic (exact) mass is 436 g/mol. The van der Waals surface area contributed by atoms with E-state index in [1.165, 1.54) is 116 Å². The van der Waals surface area contributed by atoms with Crippen molar-refractivity contribution in [2.45, 2.75) is 129 Å². The summed E-state index contributed by atoms with van der Waals surface area (Å²) >= 11 is 1.68. The summed E-state index contributed by atoms with van der Waals surface area (Å²) in [7, 11) is 0. The van der Waals surface area contributed by atoms with Crippen molar-refractivity contribution < 1.29 is 9.47 Å². The SMILES string of the molecule is CCCCCCCCCCC1(CCCCCCCCCC)COc2cscc2OC1. The van der Waals surface area contributed by atoms with Gasteiger partial charge in [-0.05, 0) is 12.8 Å². The molecule has 30 heavy (non-hydrogen) atoms. The Kier molecular flexibility index (Phi) is 13.6. The predicted octanol–water partition coefficient (Wildman–Crippen LogP) is 9.57. The Morgan fingerprint density at radius 1 is 0.600 bits per heavy atom. The Balaban J connectivity index is 1.70. The maximum absolute atomic E-state index is 6.23.